The van der Waals surface area contributed by atoms with Crippen molar-refractivity contribution in [3.8, 4) is 0 Å². The van der Waals surface area contributed by atoms with Gasteiger partial charge < -0.3 is 11.1 Å². The largest absolute Gasteiger partial charge is 0.399 e. The van der Waals surface area contributed by atoms with Gasteiger partial charge in [-0.05, 0) is 31.6 Å². The summed E-state index contributed by atoms with van der Waals surface area (Å²) in [6, 6.07) is 1.62. The number of hydrogen-bond donors (Lipinski definition) is 2. The highest BCUT2D eigenvalue weighted by atomic mass is 19.3. The molecule has 0 radical (unpaired) electrons. The van der Waals surface area contributed by atoms with Crippen LogP contribution in [0.1, 0.15) is 25.1 Å². The van der Waals surface area contributed by atoms with Crippen LogP contribution in [-0.4, -0.2) is 16.8 Å². The van der Waals surface area contributed by atoms with Crippen molar-refractivity contribution in [2.24, 2.45) is 5.73 Å². The smallest absolute Gasteiger partial charge is 0.266 e. The second-order valence-electron chi connectivity index (χ2n) is 5.41. The lowest BCUT2D eigenvalue weighted by Crippen LogP contribution is -2.17. The highest BCUT2D eigenvalue weighted by Crippen LogP contribution is 2.24. The molecule has 1 heterocycles. The third-order valence-electron chi connectivity index (χ3n) is 3.31. The number of amides is 1. The monoisotopic (exact) mass is 333 g/mol. The summed E-state index contributed by atoms with van der Waals surface area (Å²) in [6.45, 7) is 10.9. The Hall–Kier alpha value is -2.76. The van der Waals surface area contributed by atoms with E-state index in [-0.39, 0.29) is 11.1 Å². The Morgan fingerprint density at radius 3 is 2.58 bits per heavy atom. The van der Waals surface area contributed by atoms with Crippen LogP contribution in [0.4, 0.5) is 14.5 Å². The molecule has 128 valence electrons. The molecule has 1 aromatic heterocycles. The molecule has 0 aliphatic heterocycles. The molecule has 3 N–H and O–H groups in total. The Labute approximate surface area is 140 Å². The van der Waals surface area contributed by atoms with Crippen LogP contribution in [0.3, 0.4) is 0 Å². The Kier molecular flexibility index (Phi) is 6.17. The fourth-order valence-electron chi connectivity index (χ4n) is 1.81. The first-order valence-corrected chi connectivity index (χ1v) is 7.18. The van der Waals surface area contributed by atoms with Crippen molar-refractivity contribution in [1.29, 1.82) is 0 Å². The van der Waals surface area contributed by atoms with Gasteiger partial charge in [-0.2, -0.15) is 0 Å². The summed E-state index contributed by atoms with van der Waals surface area (Å²) in [6.07, 6.45) is 5.29. The van der Waals surface area contributed by atoms with Crippen molar-refractivity contribution in [1.82, 2.24) is 4.98 Å². The minimum atomic E-state index is -3.02. The van der Waals surface area contributed by atoms with Crippen LogP contribution in [0.15, 0.2) is 54.8 Å². The maximum absolute atomic E-state index is 13.3. The standard InChI is InChI=1S/C18H21F2N3O/c1-6-7-14(8-11(2)18(5,19)20)17(24)23-15-9-16(12(3)21)13(4)22-10-15/h6-10H,1,3,21H2,2,4-5H3,(H,23,24)/b11-8+,14-7+. The summed E-state index contributed by atoms with van der Waals surface area (Å²) in [5.41, 5.74) is 7.47. The first kappa shape index (κ1) is 19.3. The van der Waals surface area contributed by atoms with Crippen LogP contribution in [0, 0.1) is 6.92 Å². The van der Waals surface area contributed by atoms with Gasteiger partial charge in [0.2, 0.25) is 0 Å². The van der Waals surface area contributed by atoms with E-state index in [4.69, 9.17) is 5.73 Å². The molecular weight excluding hydrogens is 312 g/mol. The molecule has 1 aromatic rings. The van der Waals surface area contributed by atoms with E-state index in [0.717, 1.165) is 13.0 Å². The molecule has 24 heavy (non-hydrogen) atoms. The minimum absolute atomic E-state index is 0.0534. The van der Waals surface area contributed by atoms with Crippen LogP contribution in [0.25, 0.3) is 5.70 Å². The Bertz CT molecular complexity index is 728. The van der Waals surface area contributed by atoms with Gasteiger partial charge in [-0.3, -0.25) is 9.78 Å². The molecule has 0 spiro atoms. The van der Waals surface area contributed by atoms with Gasteiger partial charge >= 0.3 is 0 Å². The van der Waals surface area contributed by atoms with Gasteiger partial charge in [0.15, 0.2) is 0 Å². The highest BCUT2D eigenvalue weighted by Gasteiger charge is 2.24. The molecule has 0 aliphatic carbocycles. The van der Waals surface area contributed by atoms with Crippen LogP contribution < -0.4 is 11.1 Å². The fourth-order valence-corrected chi connectivity index (χ4v) is 1.81. The maximum Gasteiger partial charge on any atom is 0.266 e. The normalized spacial score (nSPS) is 12.7. The lowest BCUT2D eigenvalue weighted by atomic mass is 10.1. The van der Waals surface area contributed by atoms with Crippen molar-refractivity contribution in [2.75, 3.05) is 5.32 Å². The summed E-state index contributed by atoms with van der Waals surface area (Å²) in [5, 5.41) is 2.60. The van der Waals surface area contributed by atoms with Gasteiger partial charge in [0, 0.05) is 29.5 Å². The van der Waals surface area contributed by atoms with Crippen LogP contribution in [0.2, 0.25) is 0 Å². The Morgan fingerprint density at radius 2 is 2.08 bits per heavy atom. The van der Waals surface area contributed by atoms with Crippen LogP contribution in [0.5, 0.6) is 0 Å². The topological polar surface area (TPSA) is 68.0 Å². The van der Waals surface area contributed by atoms with E-state index in [1.807, 2.05) is 0 Å². The molecule has 0 saturated carbocycles. The summed E-state index contributed by atoms with van der Waals surface area (Å²) in [7, 11) is 0. The molecule has 1 rings (SSSR count). The minimum Gasteiger partial charge on any atom is -0.399 e. The van der Waals surface area contributed by atoms with Gasteiger partial charge in [0.05, 0.1) is 11.9 Å². The fraction of sp³-hybridized carbons (Fsp3) is 0.222. The number of hydrogen-bond acceptors (Lipinski definition) is 3. The van der Waals surface area contributed by atoms with Crippen molar-refractivity contribution in [3.63, 3.8) is 0 Å². The maximum atomic E-state index is 13.3. The second kappa shape index (κ2) is 7.68. The van der Waals surface area contributed by atoms with Crippen molar-refractivity contribution >= 4 is 17.3 Å². The first-order chi connectivity index (χ1) is 11.1. The molecule has 0 aromatic carbocycles. The zero-order valence-electron chi connectivity index (χ0n) is 14.0. The lowest BCUT2D eigenvalue weighted by Gasteiger charge is -2.13. The van der Waals surface area contributed by atoms with Gasteiger partial charge in [0.1, 0.15) is 0 Å². The Morgan fingerprint density at radius 1 is 1.46 bits per heavy atom. The number of nitrogens with two attached hydrogens (primary N) is 1. The zero-order valence-corrected chi connectivity index (χ0v) is 14.0. The number of aryl methyl sites for hydroxylation is 1. The van der Waals surface area contributed by atoms with E-state index in [2.05, 4.69) is 23.5 Å². The van der Waals surface area contributed by atoms with Crippen molar-refractivity contribution < 1.29 is 13.6 Å². The molecule has 4 nitrogen and oxygen atoms in total. The van der Waals surface area contributed by atoms with Crippen molar-refractivity contribution in [3.05, 3.63) is 66.1 Å². The molecule has 0 unspecified atom stereocenters. The number of aromatic nitrogens is 1. The van der Waals surface area contributed by atoms with Gasteiger partial charge in [-0.15, -0.1) is 0 Å². The van der Waals surface area contributed by atoms with Crippen molar-refractivity contribution in [2.45, 2.75) is 26.7 Å². The zero-order chi connectivity index (χ0) is 18.5. The summed E-state index contributed by atoms with van der Waals surface area (Å²) >= 11 is 0. The van der Waals surface area contributed by atoms with Gasteiger partial charge in [-0.25, -0.2) is 8.78 Å². The number of halogens is 2. The molecule has 6 heteroatoms. The second-order valence-corrected chi connectivity index (χ2v) is 5.41. The third-order valence-corrected chi connectivity index (χ3v) is 3.31. The number of rotatable bonds is 6. The quantitative estimate of drug-likeness (QED) is 0.611. The summed E-state index contributed by atoms with van der Waals surface area (Å²) in [5.74, 6) is -3.58. The molecule has 1 amide bonds. The van der Waals surface area contributed by atoms with E-state index >= 15 is 0 Å². The number of carbonyl (C=O) groups is 1. The van der Waals surface area contributed by atoms with E-state index in [0.29, 0.717) is 22.6 Å². The SMILES string of the molecule is C=C/C=C(\C=C(/C)C(C)(F)F)C(=O)Nc1cnc(C)c(C(=C)N)c1. The third kappa shape index (κ3) is 5.15. The average molecular weight is 333 g/mol. The molecule has 0 bridgehead atoms. The van der Waals surface area contributed by atoms with E-state index in [1.165, 1.54) is 25.3 Å². The van der Waals surface area contributed by atoms with E-state index < -0.39 is 11.8 Å². The highest BCUT2D eigenvalue weighted by molar-refractivity contribution is 6.06. The predicted molar refractivity (Wildman–Crippen MR) is 93.5 cm³/mol. The van der Waals surface area contributed by atoms with Gasteiger partial charge in [-0.1, -0.05) is 25.3 Å². The number of allylic oxidation sites excluding steroid dienone is 3. The number of nitrogens with zero attached hydrogens (tertiary/aromatic N) is 1. The molecule has 0 fully saturated rings. The molecular formula is C18H21F2N3O. The molecule has 0 aliphatic rings. The Balaban J connectivity index is 3.11. The van der Waals surface area contributed by atoms with E-state index in [1.54, 1.807) is 13.0 Å². The van der Waals surface area contributed by atoms with Crippen LogP contribution in [-0.2, 0) is 4.79 Å². The molecule has 0 saturated heterocycles. The number of nitrogens with one attached hydrogen (secondary N) is 1. The molecule has 0 atom stereocenters. The summed E-state index contributed by atoms with van der Waals surface area (Å²) < 4.78 is 26.6. The average Bonchev–Trinajstić information content (AvgIpc) is 2.47. The number of alkyl halides is 2. The van der Waals surface area contributed by atoms with Crippen LogP contribution >= 0.6 is 0 Å². The lowest BCUT2D eigenvalue weighted by molar-refractivity contribution is -0.112. The summed E-state index contributed by atoms with van der Waals surface area (Å²) in [4.78, 5) is 16.5. The van der Waals surface area contributed by atoms with E-state index in [9.17, 15) is 13.6 Å². The first-order valence-electron chi connectivity index (χ1n) is 7.18. The van der Waals surface area contributed by atoms with Gasteiger partial charge in [0.25, 0.3) is 11.8 Å². The number of anilines is 1. The number of pyridine rings is 1. The predicted octanol–water partition coefficient (Wildman–Crippen LogP) is 3.97. The number of carbonyl (C=O) groups excluding carboxylic acids is 1.